The number of aromatic nitrogens is 2. The highest BCUT2D eigenvalue weighted by Crippen LogP contribution is 2.28. The number of aromatic amines is 1. The predicted octanol–water partition coefficient (Wildman–Crippen LogP) is 1.22. The van der Waals surface area contributed by atoms with Gasteiger partial charge in [-0.1, -0.05) is 30.3 Å². The first-order chi connectivity index (χ1) is 11.6. The highest BCUT2D eigenvalue weighted by molar-refractivity contribution is 5.92. The maximum Gasteiger partial charge on any atom is 0.329 e. The van der Waals surface area contributed by atoms with Gasteiger partial charge in [-0.15, -0.1) is 0 Å². The van der Waals surface area contributed by atoms with E-state index in [1.54, 1.807) is 0 Å². The number of rotatable bonds is 5. The fourth-order valence-electron chi connectivity index (χ4n) is 2.85. The van der Waals surface area contributed by atoms with E-state index in [1.807, 2.05) is 42.3 Å². The Labute approximate surface area is 139 Å². The van der Waals surface area contributed by atoms with Crippen LogP contribution in [0.25, 0.3) is 0 Å². The Bertz CT molecular complexity index is 742. The van der Waals surface area contributed by atoms with Gasteiger partial charge in [0.2, 0.25) is 5.91 Å². The lowest BCUT2D eigenvalue weighted by Gasteiger charge is -2.28. The molecule has 126 valence electrons. The van der Waals surface area contributed by atoms with Crippen molar-refractivity contribution in [3.05, 3.63) is 47.2 Å². The van der Waals surface area contributed by atoms with E-state index in [2.05, 4.69) is 15.5 Å². The Morgan fingerprint density at radius 3 is 2.75 bits per heavy atom. The molecule has 4 N–H and O–H groups in total. The number of hydrogen-bond acceptors (Lipinski definition) is 4. The summed E-state index contributed by atoms with van der Waals surface area (Å²) in [6, 6.07) is 9.02. The largest absolute Gasteiger partial charge is 0.350 e. The van der Waals surface area contributed by atoms with Gasteiger partial charge in [-0.3, -0.25) is 14.9 Å². The van der Waals surface area contributed by atoms with E-state index in [0.717, 1.165) is 16.8 Å². The second kappa shape index (κ2) is 6.71. The number of carbonyl (C=O) groups is 2. The number of fused-ring (bicyclic) bond motifs is 1. The zero-order valence-corrected chi connectivity index (χ0v) is 13.5. The molecule has 0 saturated heterocycles. The van der Waals surface area contributed by atoms with Crippen molar-refractivity contribution in [2.24, 2.45) is 5.73 Å². The number of hydrazine groups is 1. The number of primary amides is 1. The van der Waals surface area contributed by atoms with Crippen LogP contribution >= 0.6 is 0 Å². The number of urea groups is 1. The van der Waals surface area contributed by atoms with Gasteiger partial charge < -0.3 is 11.1 Å². The molecule has 1 aromatic carbocycles. The summed E-state index contributed by atoms with van der Waals surface area (Å²) in [6.45, 7) is 3.33. The van der Waals surface area contributed by atoms with Crippen molar-refractivity contribution in [2.45, 2.75) is 26.4 Å². The zero-order valence-electron chi connectivity index (χ0n) is 13.5. The van der Waals surface area contributed by atoms with Gasteiger partial charge >= 0.3 is 6.03 Å². The standard InChI is InChI=1S/C16H20N6O2/c1-2-22(16(17)24)21-9-12-13(10-21)19-20-15(12)18-14(23)8-11-6-4-3-5-7-11/h3-7H,2,8-10H2,1H3,(H2,17,24)(H2,18,19,20,23). The van der Waals surface area contributed by atoms with Crippen LogP contribution in [0.4, 0.5) is 10.6 Å². The van der Waals surface area contributed by atoms with Gasteiger partial charge in [0.05, 0.1) is 18.7 Å². The minimum absolute atomic E-state index is 0.129. The number of carbonyl (C=O) groups excluding carboxylic acids is 2. The van der Waals surface area contributed by atoms with E-state index in [9.17, 15) is 9.59 Å². The molecule has 0 atom stereocenters. The topological polar surface area (TPSA) is 107 Å². The summed E-state index contributed by atoms with van der Waals surface area (Å²) in [6.07, 6.45) is 0.286. The van der Waals surface area contributed by atoms with Gasteiger partial charge in [-0.25, -0.2) is 9.80 Å². The van der Waals surface area contributed by atoms with Crippen molar-refractivity contribution in [3.8, 4) is 0 Å². The van der Waals surface area contributed by atoms with Crippen LogP contribution in [0.3, 0.4) is 0 Å². The summed E-state index contributed by atoms with van der Waals surface area (Å²) in [5, 5.41) is 13.2. The number of nitrogens with one attached hydrogen (secondary N) is 2. The van der Waals surface area contributed by atoms with Crippen molar-refractivity contribution < 1.29 is 9.59 Å². The molecule has 0 radical (unpaired) electrons. The first-order valence-electron chi connectivity index (χ1n) is 7.80. The molecule has 1 aliphatic heterocycles. The number of anilines is 1. The number of nitrogens with two attached hydrogens (primary N) is 1. The molecule has 2 heterocycles. The average molecular weight is 328 g/mol. The fraction of sp³-hybridized carbons (Fsp3) is 0.312. The van der Waals surface area contributed by atoms with Gasteiger partial charge in [-0.05, 0) is 12.5 Å². The highest BCUT2D eigenvalue weighted by Gasteiger charge is 2.30. The Balaban J connectivity index is 1.66. The molecule has 3 rings (SSSR count). The second-order valence-corrected chi connectivity index (χ2v) is 5.62. The van der Waals surface area contributed by atoms with Crippen LogP contribution in [0, 0.1) is 0 Å². The highest BCUT2D eigenvalue weighted by atomic mass is 16.2. The zero-order chi connectivity index (χ0) is 17.1. The lowest BCUT2D eigenvalue weighted by atomic mass is 10.1. The smallest absolute Gasteiger partial charge is 0.329 e. The summed E-state index contributed by atoms with van der Waals surface area (Å²) < 4.78 is 0. The third kappa shape index (κ3) is 3.23. The molecule has 0 unspecified atom stereocenters. The third-order valence-electron chi connectivity index (χ3n) is 3.99. The lowest BCUT2D eigenvalue weighted by Crippen LogP contribution is -2.46. The fourth-order valence-corrected chi connectivity index (χ4v) is 2.85. The van der Waals surface area contributed by atoms with Gasteiger partial charge in [-0.2, -0.15) is 5.10 Å². The van der Waals surface area contributed by atoms with Crippen LogP contribution in [0.2, 0.25) is 0 Å². The van der Waals surface area contributed by atoms with Crippen LogP contribution in [-0.4, -0.2) is 38.7 Å². The monoisotopic (exact) mass is 328 g/mol. The second-order valence-electron chi connectivity index (χ2n) is 5.62. The molecule has 0 saturated carbocycles. The molecular formula is C16H20N6O2. The third-order valence-corrected chi connectivity index (χ3v) is 3.99. The molecule has 8 nitrogen and oxygen atoms in total. The Kier molecular flexibility index (Phi) is 4.48. The van der Waals surface area contributed by atoms with E-state index in [4.69, 9.17) is 5.73 Å². The molecule has 0 aliphatic carbocycles. The Morgan fingerprint density at radius 2 is 2.08 bits per heavy atom. The van der Waals surface area contributed by atoms with Crippen LogP contribution in [0.5, 0.6) is 0 Å². The minimum Gasteiger partial charge on any atom is -0.350 e. The Hall–Kier alpha value is -2.87. The lowest BCUT2D eigenvalue weighted by molar-refractivity contribution is -0.115. The summed E-state index contributed by atoms with van der Waals surface area (Å²) >= 11 is 0. The van der Waals surface area contributed by atoms with Crippen LogP contribution in [0.15, 0.2) is 30.3 Å². The van der Waals surface area contributed by atoms with Gasteiger partial charge in [0.15, 0.2) is 5.82 Å². The summed E-state index contributed by atoms with van der Waals surface area (Å²) in [7, 11) is 0. The van der Waals surface area contributed by atoms with E-state index in [1.165, 1.54) is 5.01 Å². The maximum absolute atomic E-state index is 12.2. The number of amides is 3. The van der Waals surface area contributed by atoms with Crippen molar-refractivity contribution in [1.82, 2.24) is 20.2 Å². The average Bonchev–Trinajstić information content (AvgIpc) is 3.11. The number of nitrogens with zero attached hydrogens (tertiary/aromatic N) is 3. The molecular weight excluding hydrogens is 308 g/mol. The van der Waals surface area contributed by atoms with Gasteiger partial charge in [0, 0.05) is 18.7 Å². The van der Waals surface area contributed by atoms with Gasteiger partial charge in [0.25, 0.3) is 0 Å². The first-order valence-corrected chi connectivity index (χ1v) is 7.80. The van der Waals surface area contributed by atoms with Crippen LogP contribution < -0.4 is 11.1 Å². The minimum atomic E-state index is -0.495. The molecule has 1 aliphatic rings. The molecule has 0 bridgehead atoms. The number of benzene rings is 1. The SMILES string of the molecule is CCN(C(N)=O)N1Cc2[nH]nc(NC(=O)Cc3ccccc3)c2C1. The van der Waals surface area contributed by atoms with Crippen molar-refractivity contribution in [2.75, 3.05) is 11.9 Å². The van der Waals surface area contributed by atoms with Crippen LogP contribution in [-0.2, 0) is 24.3 Å². The molecule has 0 spiro atoms. The molecule has 24 heavy (non-hydrogen) atoms. The Morgan fingerprint density at radius 1 is 1.33 bits per heavy atom. The molecule has 0 fully saturated rings. The van der Waals surface area contributed by atoms with E-state index >= 15 is 0 Å². The van der Waals surface area contributed by atoms with Crippen LogP contribution in [0.1, 0.15) is 23.7 Å². The van der Waals surface area contributed by atoms with E-state index < -0.39 is 6.03 Å². The van der Waals surface area contributed by atoms with Crippen molar-refractivity contribution >= 4 is 17.8 Å². The normalized spacial score (nSPS) is 13.5. The molecule has 2 aromatic rings. The predicted molar refractivity (Wildman–Crippen MR) is 88.6 cm³/mol. The van der Waals surface area contributed by atoms with E-state index in [0.29, 0.717) is 25.5 Å². The van der Waals surface area contributed by atoms with Crippen molar-refractivity contribution in [3.63, 3.8) is 0 Å². The summed E-state index contributed by atoms with van der Waals surface area (Å²) in [5.41, 5.74) is 8.09. The molecule has 3 amide bonds. The summed E-state index contributed by atoms with van der Waals surface area (Å²) in [4.78, 5) is 23.7. The summed E-state index contributed by atoms with van der Waals surface area (Å²) in [5.74, 6) is 0.380. The molecule has 1 aromatic heterocycles. The van der Waals surface area contributed by atoms with Gasteiger partial charge in [0.1, 0.15) is 0 Å². The van der Waals surface area contributed by atoms with E-state index in [-0.39, 0.29) is 12.3 Å². The number of H-pyrrole nitrogens is 1. The number of hydrogen-bond donors (Lipinski definition) is 3. The first kappa shape index (κ1) is 16.0. The molecule has 8 heteroatoms. The maximum atomic E-state index is 12.2. The van der Waals surface area contributed by atoms with Crippen molar-refractivity contribution in [1.29, 1.82) is 0 Å². The quantitative estimate of drug-likeness (QED) is 0.767.